The van der Waals surface area contributed by atoms with Gasteiger partial charge in [-0.1, -0.05) is 24.8 Å². The number of ether oxygens (including phenoxy) is 2. The molecule has 0 bridgehead atoms. The Morgan fingerprint density at radius 2 is 1.47 bits per heavy atom. The topological polar surface area (TPSA) is 72.4 Å². The predicted molar refractivity (Wildman–Crippen MR) is 125 cm³/mol. The van der Waals surface area contributed by atoms with Crippen LogP contribution in [0, 0.1) is 17.9 Å². The molecule has 0 spiro atoms. The van der Waals surface area contributed by atoms with Crippen molar-refractivity contribution in [2.45, 2.75) is 13.2 Å². The van der Waals surface area contributed by atoms with E-state index in [0.29, 0.717) is 23.4 Å². The van der Waals surface area contributed by atoms with E-state index < -0.39 is 0 Å². The Kier molecular flexibility index (Phi) is 5.39. The summed E-state index contributed by atoms with van der Waals surface area (Å²) in [4.78, 5) is 11.9. The first kappa shape index (κ1) is 20.0. The second-order valence-corrected chi connectivity index (χ2v) is 8.94. The van der Waals surface area contributed by atoms with Gasteiger partial charge in [0.2, 0.25) is 0 Å². The highest BCUT2D eigenvalue weighted by molar-refractivity contribution is 7.22. The molecule has 0 atom stereocenters. The van der Waals surface area contributed by atoms with Crippen LogP contribution in [0.2, 0.25) is 0 Å². The lowest BCUT2D eigenvalue weighted by atomic mass is 10.1. The van der Waals surface area contributed by atoms with E-state index in [1.807, 2.05) is 54.6 Å². The van der Waals surface area contributed by atoms with Crippen LogP contribution in [0.15, 0.2) is 60.7 Å². The summed E-state index contributed by atoms with van der Waals surface area (Å²) < 4.78 is 13.8. The molecule has 0 radical (unpaired) electrons. The van der Waals surface area contributed by atoms with Crippen LogP contribution in [0.25, 0.3) is 25.3 Å². The summed E-state index contributed by atoms with van der Waals surface area (Å²) in [5.74, 6) is 1.48. The van der Waals surface area contributed by atoms with Crippen LogP contribution in [0.5, 0.6) is 11.5 Å². The minimum absolute atomic E-state index is 0.426. The van der Waals surface area contributed by atoms with Gasteiger partial charge in [-0.2, -0.15) is 5.26 Å². The van der Waals surface area contributed by atoms with Crippen molar-refractivity contribution >= 4 is 48.2 Å². The lowest BCUT2D eigenvalue weighted by Gasteiger charge is -2.09. The van der Waals surface area contributed by atoms with Crippen molar-refractivity contribution in [2.75, 3.05) is 0 Å². The van der Waals surface area contributed by atoms with E-state index in [1.54, 1.807) is 0 Å². The number of thiazole rings is 2. The van der Waals surface area contributed by atoms with Gasteiger partial charge in [0.05, 0.1) is 14.9 Å². The number of nitrogens with zero attached hydrogens (tertiary/aromatic N) is 4. The highest BCUT2D eigenvalue weighted by Crippen LogP contribution is 2.31. The average Bonchev–Trinajstić information content (AvgIpc) is 3.44. The van der Waals surface area contributed by atoms with E-state index in [9.17, 15) is 0 Å². The molecule has 0 saturated carbocycles. The summed E-state index contributed by atoms with van der Waals surface area (Å²) in [6, 6.07) is 21.5. The Balaban J connectivity index is 1.23. The molecule has 0 N–H and O–H groups in total. The molecule has 2 heterocycles. The first-order valence-corrected chi connectivity index (χ1v) is 11.3. The monoisotopic (exact) mass is 454 g/mol. The third-order valence-corrected chi connectivity index (χ3v) is 6.54. The van der Waals surface area contributed by atoms with Crippen molar-refractivity contribution in [1.29, 1.82) is 5.26 Å². The van der Waals surface area contributed by atoms with Gasteiger partial charge in [-0.3, -0.25) is 0 Å². The molecular weight excluding hydrogens is 440 g/mol. The van der Waals surface area contributed by atoms with E-state index >= 15 is 0 Å². The van der Waals surface area contributed by atoms with Gasteiger partial charge in [-0.05, 0) is 47.5 Å². The normalized spacial score (nSPS) is 10.7. The van der Waals surface area contributed by atoms with E-state index in [1.165, 1.54) is 22.7 Å². The summed E-state index contributed by atoms with van der Waals surface area (Å²) in [5, 5.41) is 9.89. The molecule has 0 aliphatic carbocycles. The predicted octanol–water partition coefficient (Wildman–Crippen LogP) is 6.49. The third kappa shape index (κ3) is 4.23. The Bertz CT molecular complexity index is 1410. The van der Waals surface area contributed by atoms with E-state index in [2.05, 4.69) is 26.9 Å². The van der Waals surface area contributed by atoms with Gasteiger partial charge in [0.25, 0.3) is 0 Å². The number of aromatic nitrogens is 2. The van der Waals surface area contributed by atoms with Crippen LogP contribution in [0.4, 0.5) is 5.13 Å². The van der Waals surface area contributed by atoms with Gasteiger partial charge >= 0.3 is 5.13 Å². The molecule has 6 nitrogen and oxygen atoms in total. The zero-order valence-corrected chi connectivity index (χ0v) is 18.2. The van der Waals surface area contributed by atoms with Crippen molar-refractivity contribution in [3.8, 4) is 17.6 Å². The van der Waals surface area contributed by atoms with E-state index in [0.717, 1.165) is 43.1 Å². The fraction of sp³-hybridized carbons (Fsp3) is 0.0833. The number of hydrogen-bond acceptors (Lipinski definition) is 7. The molecule has 0 aliphatic rings. The first-order valence-electron chi connectivity index (χ1n) is 9.62. The summed E-state index contributed by atoms with van der Waals surface area (Å²) in [7, 11) is 0. The summed E-state index contributed by atoms with van der Waals surface area (Å²) in [6.45, 7) is 7.95. The van der Waals surface area contributed by atoms with Crippen LogP contribution in [0.1, 0.15) is 16.1 Å². The molecule has 0 saturated heterocycles. The Labute approximate surface area is 191 Å². The van der Waals surface area contributed by atoms with Gasteiger partial charge in [0, 0.05) is 6.07 Å². The maximum absolute atomic E-state index is 9.00. The molecule has 154 valence electrons. The molecule has 0 amide bonds. The van der Waals surface area contributed by atoms with Crippen molar-refractivity contribution in [3.63, 3.8) is 0 Å². The number of hydrogen-bond donors (Lipinski definition) is 0. The molecular formula is C24H14N4O2S2. The van der Waals surface area contributed by atoms with E-state index in [-0.39, 0.29) is 0 Å². The molecule has 0 unspecified atom stereocenters. The number of rotatable bonds is 6. The van der Waals surface area contributed by atoms with Gasteiger partial charge in [-0.25, -0.2) is 4.98 Å². The van der Waals surface area contributed by atoms with Crippen molar-refractivity contribution in [1.82, 2.24) is 9.97 Å². The van der Waals surface area contributed by atoms with Gasteiger partial charge in [0.15, 0.2) is 10.5 Å². The zero-order chi connectivity index (χ0) is 21.9. The number of benzene rings is 3. The molecule has 3 aromatic carbocycles. The molecule has 5 rings (SSSR count). The van der Waals surface area contributed by atoms with Crippen LogP contribution >= 0.6 is 22.7 Å². The molecule has 0 aliphatic heterocycles. The Morgan fingerprint density at radius 3 is 2.09 bits per heavy atom. The van der Waals surface area contributed by atoms with Crippen molar-refractivity contribution < 1.29 is 9.47 Å². The molecule has 2 aromatic heterocycles. The van der Waals surface area contributed by atoms with Crippen LogP contribution in [-0.2, 0) is 13.2 Å². The molecule has 8 heteroatoms. The maximum Gasteiger partial charge on any atom is 0.330 e. The molecule has 32 heavy (non-hydrogen) atoms. The van der Waals surface area contributed by atoms with Crippen molar-refractivity contribution in [2.24, 2.45) is 0 Å². The van der Waals surface area contributed by atoms with E-state index in [4.69, 9.17) is 21.3 Å². The zero-order valence-electron chi connectivity index (χ0n) is 16.6. The fourth-order valence-corrected chi connectivity index (χ4v) is 4.79. The lowest BCUT2D eigenvalue weighted by molar-refractivity contribution is 0.300. The highest BCUT2D eigenvalue weighted by atomic mass is 32.1. The minimum Gasteiger partial charge on any atom is -0.489 e. The summed E-state index contributed by atoms with van der Waals surface area (Å²) >= 11 is 2.72. The first-order chi connectivity index (χ1) is 15.7. The van der Waals surface area contributed by atoms with Crippen molar-refractivity contribution in [3.05, 3.63) is 88.2 Å². The Hall–Kier alpha value is -3.98. The van der Waals surface area contributed by atoms with Gasteiger partial charge in [-0.15, -0.1) is 27.7 Å². The highest BCUT2D eigenvalue weighted by Gasteiger charge is 2.08. The SMILES string of the molecule is [C-]#[N+]c1nc2ccc(OCc3cccc(COc4ccc5nc(C#N)sc5c4)c3)cc2s1. The largest absolute Gasteiger partial charge is 0.489 e. The quantitative estimate of drug-likeness (QED) is 0.274. The Morgan fingerprint density at radius 1 is 0.844 bits per heavy atom. The van der Waals surface area contributed by atoms with Crippen LogP contribution < -0.4 is 9.47 Å². The summed E-state index contributed by atoms with van der Waals surface area (Å²) in [5.41, 5.74) is 3.69. The minimum atomic E-state index is 0.426. The number of fused-ring (bicyclic) bond motifs is 2. The number of nitriles is 1. The van der Waals surface area contributed by atoms with Crippen LogP contribution in [0.3, 0.4) is 0 Å². The molecule has 0 fully saturated rings. The standard InChI is InChI=1S/C24H14N4O2S2/c1-26-24-28-20-8-6-18(11-22(20)32-24)30-14-16-4-2-3-15(9-16)13-29-17-5-7-19-21(10-17)31-23(12-25)27-19/h2-11H,13-14H2. The maximum atomic E-state index is 9.00. The smallest absolute Gasteiger partial charge is 0.330 e. The van der Waals surface area contributed by atoms with Crippen LogP contribution in [-0.4, -0.2) is 9.97 Å². The molecule has 5 aromatic rings. The second-order valence-electron chi connectivity index (χ2n) is 6.90. The van der Waals surface area contributed by atoms with Gasteiger partial charge in [0.1, 0.15) is 30.8 Å². The fourth-order valence-electron chi connectivity index (χ4n) is 3.22. The second kappa shape index (κ2) is 8.64. The average molecular weight is 455 g/mol. The summed E-state index contributed by atoms with van der Waals surface area (Å²) in [6.07, 6.45) is 0. The third-order valence-electron chi connectivity index (χ3n) is 4.70. The lowest BCUT2D eigenvalue weighted by Crippen LogP contribution is -1.99. The van der Waals surface area contributed by atoms with Gasteiger partial charge < -0.3 is 14.3 Å².